The lowest BCUT2D eigenvalue weighted by Crippen LogP contribution is -1.85. The Bertz CT molecular complexity index is 1170. The molecule has 2 heterocycles. The molecule has 0 radical (unpaired) electrons. The lowest BCUT2D eigenvalue weighted by molar-refractivity contribution is 0.670. The summed E-state index contributed by atoms with van der Waals surface area (Å²) in [6.45, 7) is 0. The summed E-state index contributed by atoms with van der Waals surface area (Å²) in [5.41, 5.74) is 6.10. The first-order valence-electron chi connectivity index (χ1n) is 8.33. The maximum atomic E-state index is 6.26. The summed E-state index contributed by atoms with van der Waals surface area (Å²) in [6.07, 6.45) is 1.81. The quantitative estimate of drug-likeness (QED) is 0.380. The second-order valence-electron chi connectivity index (χ2n) is 6.04. The number of pyridine rings is 1. The average Bonchev–Trinajstić information content (AvgIpc) is 3.08. The van der Waals surface area contributed by atoms with E-state index in [0.29, 0.717) is 0 Å². The summed E-state index contributed by atoms with van der Waals surface area (Å²) in [6, 6.07) is 28.9. The smallest absolute Gasteiger partial charge is 0.145 e. The molecule has 5 aromatic rings. The Hall–Kier alpha value is -3.39. The van der Waals surface area contributed by atoms with Gasteiger partial charge in [0.25, 0.3) is 0 Å². The molecule has 0 saturated carbocycles. The van der Waals surface area contributed by atoms with E-state index in [2.05, 4.69) is 53.5 Å². The van der Waals surface area contributed by atoms with E-state index in [-0.39, 0.29) is 0 Å². The van der Waals surface area contributed by atoms with Crippen molar-refractivity contribution in [2.45, 2.75) is 0 Å². The van der Waals surface area contributed by atoms with Crippen molar-refractivity contribution < 1.29 is 4.42 Å². The Morgan fingerprint density at radius 2 is 1.40 bits per heavy atom. The fourth-order valence-corrected chi connectivity index (χ4v) is 3.41. The van der Waals surface area contributed by atoms with E-state index in [9.17, 15) is 0 Å². The normalized spacial score (nSPS) is 11.2. The molecule has 0 saturated heterocycles. The Labute approximate surface area is 145 Å². The highest BCUT2D eigenvalue weighted by Gasteiger charge is 2.17. The number of aromatic nitrogens is 1. The van der Waals surface area contributed by atoms with Crippen molar-refractivity contribution in [1.29, 1.82) is 0 Å². The van der Waals surface area contributed by atoms with Crippen molar-refractivity contribution in [1.82, 2.24) is 4.98 Å². The first-order chi connectivity index (χ1) is 12.4. The zero-order valence-corrected chi connectivity index (χ0v) is 13.5. The number of rotatable bonds is 2. The molecule has 0 N–H and O–H groups in total. The fraction of sp³-hybridized carbons (Fsp3) is 0. The van der Waals surface area contributed by atoms with Gasteiger partial charge >= 0.3 is 0 Å². The van der Waals surface area contributed by atoms with Gasteiger partial charge in [-0.3, -0.25) is 4.98 Å². The SMILES string of the molecule is c1ccc(-c2ccc(-c3ccccn3)c3oc4ccccc4c23)cc1. The number of furan rings is 1. The molecule has 2 heteroatoms. The first kappa shape index (κ1) is 14.0. The third-order valence-electron chi connectivity index (χ3n) is 4.55. The van der Waals surface area contributed by atoms with Crippen LogP contribution in [0.5, 0.6) is 0 Å². The number of hydrogen-bond donors (Lipinski definition) is 0. The average molecular weight is 321 g/mol. The zero-order valence-electron chi connectivity index (χ0n) is 13.5. The second-order valence-corrected chi connectivity index (χ2v) is 6.04. The molecule has 2 aromatic heterocycles. The maximum absolute atomic E-state index is 6.26. The number of hydrogen-bond acceptors (Lipinski definition) is 2. The van der Waals surface area contributed by atoms with E-state index in [1.807, 2.05) is 42.6 Å². The van der Waals surface area contributed by atoms with Crippen LogP contribution in [0, 0.1) is 0 Å². The van der Waals surface area contributed by atoms with Crippen molar-refractivity contribution in [3.8, 4) is 22.4 Å². The minimum Gasteiger partial charge on any atom is -0.455 e. The van der Waals surface area contributed by atoms with Crippen molar-refractivity contribution >= 4 is 21.9 Å². The topological polar surface area (TPSA) is 26.0 Å². The van der Waals surface area contributed by atoms with E-state index in [1.165, 1.54) is 11.1 Å². The monoisotopic (exact) mass is 321 g/mol. The van der Waals surface area contributed by atoms with Crippen LogP contribution in [0.15, 0.2) is 95.5 Å². The fourth-order valence-electron chi connectivity index (χ4n) is 3.41. The van der Waals surface area contributed by atoms with Gasteiger partial charge in [-0.25, -0.2) is 0 Å². The molecule has 0 unspecified atom stereocenters. The number of nitrogens with zero attached hydrogens (tertiary/aromatic N) is 1. The molecule has 0 aliphatic heterocycles. The van der Waals surface area contributed by atoms with Gasteiger partial charge in [-0.15, -0.1) is 0 Å². The maximum Gasteiger partial charge on any atom is 0.145 e. The van der Waals surface area contributed by atoms with Crippen molar-refractivity contribution in [3.63, 3.8) is 0 Å². The molecule has 0 aliphatic carbocycles. The largest absolute Gasteiger partial charge is 0.455 e. The molecule has 0 aliphatic rings. The van der Waals surface area contributed by atoms with Crippen LogP contribution in [0.4, 0.5) is 0 Å². The second kappa shape index (κ2) is 5.60. The molecule has 2 nitrogen and oxygen atoms in total. The van der Waals surface area contributed by atoms with Crippen LogP contribution in [0.3, 0.4) is 0 Å². The van der Waals surface area contributed by atoms with E-state index in [4.69, 9.17) is 4.42 Å². The summed E-state index contributed by atoms with van der Waals surface area (Å²) < 4.78 is 6.26. The molecule has 0 fully saturated rings. The highest BCUT2D eigenvalue weighted by atomic mass is 16.3. The minimum atomic E-state index is 0.890. The number of benzene rings is 3. The van der Waals surface area contributed by atoms with Gasteiger partial charge in [-0.1, -0.05) is 60.7 Å². The Balaban J connectivity index is 1.92. The molecule has 0 bridgehead atoms. The van der Waals surface area contributed by atoms with Gasteiger partial charge < -0.3 is 4.42 Å². The van der Waals surface area contributed by atoms with E-state index < -0.39 is 0 Å². The van der Waals surface area contributed by atoms with E-state index in [0.717, 1.165) is 33.2 Å². The predicted molar refractivity (Wildman–Crippen MR) is 102 cm³/mol. The Morgan fingerprint density at radius 1 is 0.640 bits per heavy atom. The van der Waals surface area contributed by atoms with Gasteiger partial charge in [0.05, 0.1) is 5.69 Å². The van der Waals surface area contributed by atoms with Crippen molar-refractivity contribution in [2.24, 2.45) is 0 Å². The van der Waals surface area contributed by atoms with Gasteiger partial charge in [0.1, 0.15) is 11.2 Å². The van der Waals surface area contributed by atoms with Crippen LogP contribution >= 0.6 is 0 Å². The lowest BCUT2D eigenvalue weighted by atomic mass is 9.96. The molecular formula is C23H15NO. The highest BCUT2D eigenvalue weighted by Crippen LogP contribution is 2.40. The number of fused-ring (bicyclic) bond motifs is 3. The van der Waals surface area contributed by atoms with Gasteiger partial charge in [0.15, 0.2) is 0 Å². The first-order valence-corrected chi connectivity index (χ1v) is 8.33. The lowest BCUT2D eigenvalue weighted by Gasteiger charge is -2.07. The van der Waals surface area contributed by atoms with Gasteiger partial charge in [0.2, 0.25) is 0 Å². The van der Waals surface area contributed by atoms with Crippen LogP contribution in [0.25, 0.3) is 44.3 Å². The van der Waals surface area contributed by atoms with Crippen LogP contribution < -0.4 is 0 Å². The molecule has 5 rings (SSSR count). The molecule has 0 atom stereocenters. The standard InChI is InChI=1S/C23H15NO/c1-2-8-16(9-3-1)17-13-14-18(20-11-6-7-15-24-20)23-22(17)19-10-4-5-12-21(19)25-23/h1-15H. The van der Waals surface area contributed by atoms with Gasteiger partial charge in [-0.2, -0.15) is 0 Å². The summed E-state index contributed by atoms with van der Waals surface area (Å²) >= 11 is 0. The molecular weight excluding hydrogens is 306 g/mol. The Morgan fingerprint density at radius 3 is 2.24 bits per heavy atom. The molecule has 3 aromatic carbocycles. The van der Waals surface area contributed by atoms with Gasteiger partial charge in [-0.05, 0) is 35.4 Å². The van der Waals surface area contributed by atoms with Gasteiger partial charge in [0, 0.05) is 22.5 Å². The summed E-state index contributed by atoms with van der Waals surface area (Å²) in [5.74, 6) is 0. The molecule has 118 valence electrons. The van der Waals surface area contributed by atoms with E-state index in [1.54, 1.807) is 0 Å². The van der Waals surface area contributed by atoms with Crippen molar-refractivity contribution in [2.75, 3.05) is 0 Å². The molecule has 25 heavy (non-hydrogen) atoms. The summed E-state index contributed by atoms with van der Waals surface area (Å²) in [5, 5.41) is 2.28. The van der Waals surface area contributed by atoms with Crippen LogP contribution in [0.1, 0.15) is 0 Å². The third kappa shape index (κ3) is 2.23. The zero-order chi connectivity index (χ0) is 16.6. The summed E-state index contributed by atoms with van der Waals surface area (Å²) in [4.78, 5) is 4.51. The van der Waals surface area contributed by atoms with Crippen LogP contribution in [-0.4, -0.2) is 4.98 Å². The molecule has 0 amide bonds. The minimum absolute atomic E-state index is 0.890. The number of para-hydroxylation sites is 1. The highest BCUT2D eigenvalue weighted by molar-refractivity contribution is 6.16. The van der Waals surface area contributed by atoms with Crippen LogP contribution in [0.2, 0.25) is 0 Å². The predicted octanol–water partition coefficient (Wildman–Crippen LogP) is 6.32. The Kier molecular flexibility index (Phi) is 3.14. The molecule has 0 spiro atoms. The summed E-state index contributed by atoms with van der Waals surface area (Å²) in [7, 11) is 0. The van der Waals surface area contributed by atoms with E-state index >= 15 is 0 Å². The van der Waals surface area contributed by atoms with Crippen molar-refractivity contribution in [3.05, 3.63) is 91.1 Å². The third-order valence-corrected chi connectivity index (χ3v) is 4.55. The van der Waals surface area contributed by atoms with Crippen LogP contribution in [-0.2, 0) is 0 Å².